The van der Waals surface area contributed by atoms with Crippen molar-refractivity contribution in [3.8, 4) is 11.3 Å². The molecule has 4 atom stereocenters. The summed E-state index contributed by atoms with van der Waals surface area (Å²) in [6.45, 7) is 4.66. The monoisotopic (exact) mass is 728 g/mol. The van der Waals surface area contributed by atoms with Gasteiger partial charge in [-0.3, -0.25) is 14.8 Å². The molecule has 3 heterocycles. The SMILES string of the molecule is O=C(NCCN1CCOCC1)c1cccc(CN2C(=O)N(Cc3cccc(-c4ccn[nH]4)c3)[C@H](Cc3ccccc3)[C@H](O)[C@@H](O)[C@H]2Cc2ccccc2)c1. The van der Waals surface area contributed by atoms with Gasteiger partial charge in [0.1, 0.15) is 12.2 Å². The van der Waals surface area contributed by atoms with E-state index in [4.69, 9.17) is 4.74 Å². The molecule has 2 saturated heterocycles. The summed E-state index contributed by atoms with van der Waals surface area (Å²) in [5.41, 5.74) is 5.75. The molecular weight excluding hydrogens is 681 g/mol. The van der Waals surface area contributed by atoms with Gasteiger partial charge in [-0.2, -0.15) is 5.10 Å². The van der Waals surface area contributed by atoms with Crippen LogP contribution in [-0.4, -0.2) is 111 Å². The lowest BCUT2D eigenvalue weighted by molar-refractivity contribution is -0.0408. The molecule has 0 radical (unpaired) electrons. The largest absolute Gasteiger partial charge is 0.388 e. The van der Waals surface area contributed by atoms with Gasteiger partial charge in [-0.25, -0.2) is 4.79 Å². The normalized spacial score (nSPS) is 20.8. The van der Waals surface area contributed by atoms with Gasteiger partial charge in [0, 0.05) is 51.0 Å². The van der Waals surface area contributed by atoms with Crippen LogP contribution in [0.1, 0.15) is 32.6 Å². The average molecular weight is 729 g/mol. The molecule has 0 spiro atoms. The van der Waals surface area contributed by atoms with E-state index in [0.29, 0.717) is 38.2 Å². The van der Waals surface area contributed by atoms with Crippen LogP contribution >= 0.6 is 0 Å². The number of aliphatic hydroxyl groups excluding tert-OH is 2. The molecular formula is C43H48N6O5. The molecule has 5 aromatic rings. The molecule has 0 saturated carbocycles. The van der Waals surface area contributed by atoms with Crippen molar-refractivity contribution in [1.29, 1.82) is 0 Å². The Bertz CT molecular complexity index is 1950. The van der Waals surface area contributed by atoms with Crippen molar-refractivity contribution in [1.82, 2.24) is 30.2 Å². The first-order chi connectivity index (χ1) is 26.4. The van der Waals surface area contributed by atoms with Crippen LogP contribution in [0.2, 0.25) is 0 Å². The number of aliphatic hydroxyl groups is 2. The van der Waals surface area contributed by atoms with E-state index >= 15 is 4.79 Å². The van der Waals surface area contributed by atoms with E-state index in [2.05, 4.69) is 20.4 Å². The number of carbonyl (C=O) groups is 2. The summed E-state index contributed by atoms with van der Waals surface area (Å²) in [7, 11) is 0. The molecule has 3 amide bonds. The number of aromatic amines is 1. The Morgan fingerprint density at radius 3 is 1.91 bits per heavy atom. The van der Waals surface area contributed by atoms with Gasteiger partial charge < -0.3 is 30.1 Å². The second kappa shape index (κ2) is 17.7. The van der Waals surface area contributed by atoms with Gasteiger partial charge in [-0.05, 0) is 64.9 Å². The maximum absolute atomic E-state index is 15.2. The van der Waals surface area contributed by atoms with Gasteiger partial charge in [0.15, 0.2) is 0 Å². The van der Waals surface area contributed by atoms with Crippen LogP contribution in [0.4, 0.5) is 4.79 Å². The molecule has 2 aliphatic heterocycles. The fraction of sp³-hybridized carbons (Fsp3) is 0.326. The van der Waals surface area contributed by atoms with Gasteiger partial charge in [0.05, 0.1) is 31.0 Å². The molecule has 11 nitrogen and oxygen atoms in total. The second-order valence-corrected chi connectivity index (χ2v) is 14.1. The van der Waals surface area contributed by atoms with Crippen molar-refractivity contribution in [3.63, 3.8) is 0 Å². The van der Waals surface area contributed by atoms with Crippen molar-refractivity contribution in [2.45, 2.75) is 50.2 Å². The lowest BCUT2D eigenvalue weighted by atomic mass is 9.90. The van der Waals surface area contributed by atoms with Gasteiger partial charge >= 0.3 is 6.03 Å². The van der Waals surface area contributed by atoms with Crippen LogP contribution < -0.4 is 5.32 Å². The maximum Gasteiger partial charge on any atom is 0.321 e. The minimum atomic E-state index is -1.27. The summed E-state index contributed by atoms with van der Waals surface area (Å²) in [6.07, 6.45) is -0.156. The summed E-state index contributed by atoms with van der Waals surface area (Å²) < 4.78 is 5.44. The summed E-state index contributed by atoms with van der Waals surface area (Å²) in [6, 6.07) is 34.8. The van der Waals surface area contributed by atoms with Crippen LogP contribution in [0.5, 0.6) is 0 Å². The lowest BCUT2D eigenvalue weighted by Gasteiger charge is -2.36. The first-order valence-electron chi connectivity index (χ1n) is 18.7. The Kier molecular flexibility index (Phi) is 12.1. The highest BCUT2D eigenvalue weighted by atomic mass is 16.5. The molecule has 4 aromatic carbocycles. The van der Waals surface area contributed by atoms with Crippen LogP contribution in [0.25, 0.3) is 11.3 Å². The lowest BCUT2D eigenvalue weighted by Crippen LogP contribution is -2.50. The number of nitrogens with one attached hydrogen (secondary N) is 2. The molecule has 54 heavy (non-hydrogen) atoms. The van der Waals surface area contributed by atoms with Gasteiger partial charge in [0.2, 0.25) is 0 Å². The van der Waals surface area contributed by atoms with E-state index in [0.717, 1.165) is 53.1 Å². The Morgan fingerprint density at radius 2 is 1.31 bits per heavy atom. The zero-order valence-corrected chi connectivity index (χ0v) is 30.3. The Hall–Kier alpha value is -5.33. The molecule has 7 rings (SSSR count). The van der Waals surface area contributed by atoms with E-state index in [-0.39, 0.29) is 25.0 Å². The fourth-order valence-electron chi connectivity index (χ4n) is 7.53. The van der Waals surface area contributed by atoms with E-state index in [1.807, 2.05) is 109 Å². The molecule has 2 fully saturated rings. The number of rotatable bonds is 13. The minimum Gasteiger partial charge on any atom is -0.388 e. The first kappa shape index (κ1) is 37.0. The number of H-pyrrole nitrogens is 1. The third kappa shape index (κ3) is 9.06. The molecule has 0 bridgehead atoms. The third-order valence-electron chi connectivity index (χ3n) is 10.5. The Balaban J connectivity index is 1.21. The number of nitrogens with zero attached hydrogens (tertiary/aromatic N) is 4. The number of urea groups is 1. The summed E-state index contributed by atoms with van der Waals surface area (Å²) >= 11 is 0. The molecule has 0 aliphatic carbocycles. The van der Waals surface area contributed by atoms with Crippen molar-refractivity contribution < 1.29 is 24.5 Å². The molecule has 2 aliphatic rings. The highest BCUT2D eigenvalue weighted by Crippen LogP contribution is 2.31. The van der Waals surface area contributed by atoms with E-state index in [1.54, 1.807) is 22.1 Å². The zero-order valence-electron chi connectivity index (χ0n) is 30.3. The number of carbonyl (C=O) groups excluding carboxylic acids is 2. The summed E-state index contributed by atoms with van der Waals surface area (Å²) in [4.78, 5) is 34.2. The quantitative estimate of drug-likeness (QED) is 0.140. The molecule has 4 N–H and O–H groups in total. The van der Waals surface area contributed by atoms with Gasteiger partial charge in [-0.1, -0.05) is 91.0 Å². The minimum absolute atomic E-state index is 0.123. The first-order valence-corrected chi connectivity index (χ1v) is 18.7. The third-order valence-corrected chi connectivity index (χ3v) is 10.5. The van der Waals surface area contributed by atoms with Crippen molar-refractivity contribution >= 4 is 11.9 Å². The van der Waals surface area contributed by atoms with E-state index in [1.165, 1.54) is 0 Å². The summed E-state index contributed by atoms with van der Waals surface area (Å²) in [5.74, 6) is -0.190. The van der Waals surface area contributed by atoms with Crippen LogP contribution in [0.3, 0.4) is 0 Å². The number of morpholine rings is 1. The van der Waals surface area contributed by atoms with Gasteiger partial charge in [0.25, 0.3) is 5.91 Å². The van der Waals surface area contributed by atoms with Crippen molar-refractivity contribution in [2.75, 3.05) is 39.4 Å². The number of amides is 3. The Labute approximate surface area is 316 Å². The number of aromatic nitrogens is 2. The maximum atomic E-state index is 15.2. The average Bonchev–Trinajstić information content (AvgIpc) is 3.75. The Morgan fingerprint density at radius 1 is 0.741 bits per heavy atom. The number of hydrogen-bond acceptors (Lipinski definition) is 7. The van der Waals surface area contributed by atoms with E-state index in [9.17, 15) is 15.0 Å². The second-order valence-electron chi connectivity index (χ2n) is 14.1. The van der Waals surface area contributed by atoms with E-state index < -0.39 is 24.3 Å². The zero-order chi connectivity index (χ0) is 37.3. The van der Waals surface area contributed by atoms with Gasteiger partial charge in [-0.15, -0.1) is 0 Å². The highest BCUT2D eigenvalue weighted by Gasteiger charge is 2.46. The molecule has 280 valence electrons. The van der Waals surface area contributed by atoms with Crippen LogP contribution in [0, 0.1) is 0 Å². The fourth-order valence-corrected chi connectivity index (χ4v) is 7.53. The molecule has 11 heteroatoms. The topological polar surface area (TPSA) is 134 Å². The predicted molar refractivity (Wildman–Crippen MR) is 206 cm³/mol. The smallest absolute Gasteiger partial charge is 0.321 e. The summed E-state index contributed by atoms with van der Waals surface area (Å²) in [5, 5.41) is 34.4. The number of benzene rings is 4. The van der Waals surface area contributed by atoms with Crippen molar-refractivity contribution in [2.24, 2.45) is 0 Å². The molecule has 1 aromatic heterocycles. The standard InChI is InChI=1S/C43H48N6O5/c50-40-38(27-31-9-3-1-4-10-31)48(29-33-13-7-15-35(25-33)37-17-18-45-46-37)43(53)49(39(41(40)51)28-32-11-5-2-6-12-32)30-34-14-8-16-36(26-34)42(52)44-19-20-47-21-23-54-24-22-47/h1-18,25-26,38-41,50-51H,19-24,27-30H2,(H,44,52)(H,45,46)/t38-,39-,40+,41+/m1/s1. The van der Waals surface area contributed by atoms with Crippen LogP contribution in [0.15, 0.2) is 121 Å². The number of ether oxygens (including phenoxy) is 1. The highest BCUT2D eigenvalue weighted by molar-refractivity contribution is 5.94. The molecule has 0 unspecified atom stereocenters. The van der Waals surface area contributed by atoms with Crippen LogP contribution in [-0.2, 0) is 30.7 Å². The van der Waals surface area contributed by atoms with Crippen molar-refractivity contribution in [3.05, 3.63) is 149 Å². The number of hydrogen-bond donors (Lipinski definition) is 4. The predicted octanol–water partition coefficient (Wildman–Crippen LogP) is 4.52.